The molecule has 88 valence electrons. The second kappa shape index (κ2) is 4.34. The van der Waals surface area contributed by atoms with E-state index >= 15 is 0 Å². The summed E-state index contributed by atoms with van der Waals surface area (Å²) in [6.45, 7) is 2.20. The van der Waals surface area contributed by atoms with E-state index in [2.05, 4.69) is 46.5 Å². The predicted octanol–water partition coefficient (Wildman–Crippen LogP) is 2.03. The number of rotatable bonds is 2. The lowest BCUT2D eigenvalue weighted by molar-refractivity contribution is 0.687. The maximum Gasteiger partial charge on any atom is 0.0722 e. The Labute approximate surface area is 101 Å². The number of hydrogen-bond acceptors (Lipinski definition) is 3. The molecule has 1 aliphatic rings. The fourth-order valence-corrected chi connectivity index (χ4v) is 2.56. The number of nitrogens with zero attached hydrogens (tertiary/aromatic N) is 2. The Morgan fingerprint density at radius 1 is 1.29 bits per heavy atom. The van der Waals surface area contributed by atoms with Crippen LogP contribution in [0.4, 0.5) is 5.69 Å². The lowest BCUT2D eigenvalue weighted by Gasteiger charge is -2.27. The Morgan fingerprint density at radius 3 is 3.06 bits per heavy atom. The van der Waals surface area contributed by atoms with Crippen molar-refractivity contribution in [3.63, 3.8) is 0 Å². The lowest BCUT2D eigenvalue weighted by Crippen LogP contribution is -2.33. The summed E-state index contributed by atoms with van der Waals surface area (Å²) in [5.74, 6) is 0. The van der Waals surface area contributed by atoms with E-state index in [1.165, 1.54) is 17.5 Å². The van der Waals surface area contributed by atoms with E-state index in [1.54, 1.807) is 0 Å². The van der Waals surface area contributed by atoms with Crippen LogP contribution in [0.3, 0.4) is 0 Å². The topological polar surface area (TPSA) is 28.2 Å². The zero-order valence-corrected chi connectivity index (χ0v) is 10.1. The number of likely N-dealkylation sites (N-methyl/N-ethyl adjacent to an activating group) is 1. The second-order valence-electron chi connectivity index (χ2n) is 4.60. The Hall–Kier alpha value is -1.61. The average Bonchev–Trinajstić information content (AvgIpc) is 2.91. The third-order valence-corrected chi connectivity index (χ3v) is 3.58. The standard InChI is InChI=1S/C14H17N3/c1-17(11-7-9-15-10-11)14-6-2-5-13-12(14)4-3-8-16-13/h2-6,8,11,15H,7,9-10H2,1H3/t11-/m1/s1. The van der Waals surface area contributed by atoms with Crippen LogP contribution in [0, 0.1) is 0 Å². The van der Waals surface area contributed by atoms with Gasteiger partial charge in [0, 0.05) is 36.9 Å². The maximum atomic E-state index is 4.41. The van der Waals surface area contributed by atoms with Gasteiger partial charge < -0.3 is 10.2 Å². The third-order valence-electron chi connectivity index (χ3n) is 3.58. The molecule has 0 saturated carbocycles. The molecule has 1 N–H and O–H groups in total. The van der Waals surface area contributed by atoms with Crippen molar-refractivity contribution in [2.45, 2.75) is 12.5 Å². The highest BCUT2D eigenvalue weighted by Crippen LogP contribution is 2.26. The van der Waals surface area contributed by atoms with Crippen molar-refractivity contribution in [3.05, 3.63) is 36.5 Å². The van der Waals surface area contributed by atoms with Crippen LogP contribution in [0.5, 0.6) is 0 Å². The molecule has 0 aliphatic carbocycles. The molecular weight excluding hydrogens is 210 g/mol. The second-order valence-corrected chi connectivity index (χ2v) is 4.60. The highest BCUT2D eigenvalue weighted by molar-refractivity contribution is 5.91. The molecule has 1 fully saturated rings. The summed E-state index contributed by atoms with van der Waals surface area (Å²) in [5, 5.41) is 4.65. The van der Waals surface area contributed by atoms with Crippen LogP contribution in [0.1, 0.15) is 6.42 Å². The van der Waals surface area contributed by atoms with Crippen molar-refractivity contribution in [1.29, 1.82) is 0 Å². The van der Waals surface area contributed by atoms with Gasteiger partial charge in [-0.2, -0.15) is 0 Å². The minimum Gasteiger partial charge on any atom is -0.370 e. The molecule has 3 rings (SSSR count). The molecule has 2 aromatic rings. The highest BCUT2D eigenvalue weighted by atomic mass is 15.2. The summed E-state index contributed by atoms with van der Waals surface area (Å²) in [6, 6.07) is 11.1. The Morgan fingerprint density at radius 2 is 2.24 bits per heavy atom. The van der Waals surface area contributed by atoms with Gasteiger partial charge in [-0.25, -0.2) is 0 Å². The van der Waals surface area contributed by atoms with Gasteiger partial charge in [0.05, 0.1) is 5.52 Å². The molecule has 0 spiro atoms. The predicted molar refractivity (Wildman–Crippen MR) is 71.4 cm³/mol. The first kappa shape index (κ1) is 10.5. The van der Waals surface area contributed by atoms with Crippen LogP contribution < -0.4 is 10.2 Å². The number of fused-ring (bicyclic) bond motifs is 1. The minimum atomic E-state index is 0.598. The van der Waals surface area contributed by atoms with E-state index in [1.807, 2.05) is 12.3 Å². The molecular formula is C14H17N3. The summed E-state index contributed by atoms with van der Waals surface area (Å²) in [7, 11) is 2.18. The number of hydrogen-bond donors (Lipinski definition) is 1. The van der Waals surface area contributed by atoms with E-state index in [4.69, 9.17) is 0 Å². The molecule has 17 heavy (non-hydrogen) atoms. The molecule has 0 amide bonds. The van der Waals surface area contributed by atoms with Crippen LogP contribution in [-0.4, -0.2) is 31.2 Å². The molecule has 0 radical (unpaired) electrons. The molecule has 2 heterocycles. The van der Waals surface area contributed by atoms with E-state index in [9.17, 15) is 0 Å². The lowest BCUT2D eigenvalue weighted by atomic mass is 10.1. The monoisotopic (exact) mass is 227 g/mol. The van der Waals surface area contributed by atoms with Crippen molar-refractivity contribution in [2.24, 2.45) is 0 Å². The van der Waals surface area contributed by atoms with E-state index in [0.717, 1.165) is 18.6 Å². The van der Waals surface area contributed by atoms with E-state index in [-0.39, 0.29) is 0 Å². The molecule has 1 aromatic heterocycles. The van der Waals surface area contributed by atoms with E-state index in [0.29, 0.717) is 6.04 Å². The van der Waals surface area contributed by atoms with Gasteiger partial charge in [0.2, 0.25) is 0 Å². The summed E-state index contributed by atoms with van der Waals surface area (Å²) < 4.78 is 0. The molecule has 0 bridgehead atoms. The number of nitrogens with one attached hydrogen (secondary N) is 1. The fraction of sp³-hybridized carbons (Fsp3) is 0.357. The smallest absolute Gasteiger partial charge is 0.0722 e. The number of aromatic nitrogens is 1. The van der Waals surface area contributed by atoms with Gasteiger partial charge in [-0.15, -0.1) is 0 Å². The Bertz CT molecular complexity index is 512. The fourth-order valence-electron chi connectivity index (χ4n) is 2.56. The maximum absolute atomic E-state index is 4.41. The van der Waals surface area contributed by atoms with Crippen LogP contribution in [0.25, 0.3) is 10.9 Å². The van der Waals surface area contributed by atoms with Gasteiger partial charge in [-0.05, 0) is 37.2 Å². The van der Waals surface area contributed by atoms with Crippen molar-refractivity contribution in [3.8, 4) is 0 Å². The molecule has 0 unspecified atom stereocenters. The third kappa shape index (κ3) is 1.87. The summed E-state index contributed by atoms with van der Waals surface area (Å²) >= 11 is 0. The van der Waals surface area contributed by atoms with Crippen molar-refractivity contribution in [1.82, 2.24) is 10.3 Å². The van der Waals surface area contributed by atoms with Crippen molar-refractivity contribution in [2.75, 3.05) is 25.0 Å². The molecule has 1 aliphatic heterocycles. The number of benzene rings is 1. The molecule has 1 aromatic carbocycles. The molecule has 1 atom stereocenters. The number of anilines is 1. The van der Waals surface area contributed by atoms with Crippen molar-refractivity contribution < 1.29 is 0 Å². The Kier molecular flexibility index (Phi) is 2.69. The zero-order chi connectivity index (χ0) is 11.7. The van der Waals surface area contributed by atoms with Crippen molar-refractivity contribution >= 4 is 16.6 Å². The minimum absolute atomic E-state index is 0.598. The first-order valence-corrected chi connectivity index (χ1v) is 6.13. The Balaban J connectivity index is 2.04. The summed E-state index contributed by atoms with van der Waals surface area (Å²) in [6.07, 6.45) is 3.07. The molecule has 3 heteroatoms. The van der Waals surface area contributed by atoms with Gasteiger partial charge >= 0.3 is 0 Å². The van der Waals surface area contributed by atoms with Gasteiger partial charge in [0.1, 0.15) is 0 Å². The van der Waals surface area contributed by atoms with Gasteiger partial charge in [0.15, 0.2) is 0 Å². The van der Waals surface area contributed by atoms with E-state index < -0.39 is 0 Å². The average molecular weight is 227 g/mol. The summed E-state index contributed by atoms with van der Waals surface area (Å²) in [4.78, 5) is 6.79. The van der Waals surface area contributed by atoms with Crippen LogP contribution >= 0.6 is 0 Å². The highest BCUT2D eigenvalue weighted by Gasteiger charge is 2.20. The largest absolute Gasteiger partial charge is 0.370 e. The van der Waals surface area contributed by atoms with Gasteiger partial charge in [-0.3, -0.25) is 4.98 Å². The van der Waals surface area contributed by atoms with Crippen LogP contribution in [-0.2, 0) is 0 Å². The quantitative estimate of drug-likeness (QED) is 0.851. The zero-order valence-electron chi connectivity index (χ0n) is 10.1. The van der Waals surface area contributed by atoms with Gasteiger partial charge in [0.25, 0.3) is 0 Å². The first-order chi connectivity index (χ1) is 8.36. The van der Waals surface area contributed by atoms with Crippen LogP contribution in [0.2, 0.25) is 0 Å². The summed E-state index contributed by atoms with van der Waals surface area (Å²) in [5.41, 5.74) is 2.35. The van der Waals surface area contributed by atoms with Gasteiger partial charge in [-0.1, -0.05) is 6.07 Å². The molecule has 3 nitrogen and oxygen atoms in total. The van der Waals surface area contributed by atoms with Crippen LogP contribution in [0.15, 0.2) is 36.5 Å². The first-order valence-electron chi connectivity index (χ1n) is 6.13. The molecule has 1 saturated heterocycles. The number of pyridine rings is 1. The SMILES string of the molecule is CN(c1cccc2ncccc12)[C@@H]1CCNC1. The normalized spacial score (nSPS) is 19.7.